The van der Waals surface area contributed by atoms with Gasteiger partial charge in [0.05, 0.1) is 10.6 Å². The number of rotatable bonds is 6. The van der Waals surface area contributed by atoms with Gasteiger partial charge in [-0.2, -0.15) is 0 Å². The molecule has 1 heterocycles. The van der Waals surface area contributed by atoms with Gasteiger partial charge in [-0.3, -0.25) is 4.79 Å². The quantitative estimate of drug-likeness (QED) is 0.800. The summed E-state index contributed by atoms with van der Waals surface area (Å²) in [6.07, 6.45) is 1.63. The Bertz CT molecular complexity index is 791. The summed E-state index contributed by atoms with van der Waals surface area (Å²) >= 11 is 6.21. The third-order valence-corrected chi connectivity index (χ3v) is 3.88. The van der Waals surface area contributed by atoms with Gasteiger partial charge in [-0.1, -0.05) is 36.4 Å². The second kappa shape index (κ2) is 7.94. The fraction of sp³-hybridized carbons (Fsp3) is 0.211. The van der Waals surface area contributed by atoms with Crippen LogP contribution in [0.3, 0.4) is 0 Å². The molecule has 0 unspecified atom stereocenters. The number of nitrogens with one attached hydrogen (secondary N) is 1. The molecule has 0 aliphatic carbocycles. The van der Waals surface area contributed by atoms with E-state index in [0.717, 1.165) is 5.56 Å². The summed E-state index contributed by atoms with van der Waals surface area (Å²) in [7, 11) is 0. The molecule has 2 aromatic carbocycles. The maximum absolute atomic E-state index is 12.5. The highest BCUT2D eigenvalue weighted by atomic mass is 35.5. The van der Waals surface area contributed by atoms with E-state index in [4.69, 9.17) is 25.8 Å². The summed E-state index contributed by atoms with van der Waals surface area (Å²) in [6, 6.07) is 10.6. The van der Waals surface area contributed by atoms with Crippen LogP contribution >= 0.6 is 11.6 Å². The third-order valence-electron chi connectivity index (χ3n) is 3.60. The van der Waals surface area contributed by atoms with Gasteiger partial charge in [0.2, 0.25) is 0 Å². The first-order chi connectivity index (χ1) is 12.2. The summed E-state index contributed by atoms with van der Waals surface area (Å²) in [5, 5.41) is 3.33. The predicted octanol–water partition coefficient (Wildman–Crippen LogP) is 3.61. The van der Waals surface area contributed by atoms with Gasteiger partial charge in [0, 0.05) is 6.54 Å². The van der Waals surface area contributed by atoms with Crippen LogP contribution in [0.2, 0.25) is 5.02 Å². The highest BCUT2D eigenvalue weighted by molar-refractivity contribution is 6.32. The smallest absolute Gasteiger partial charge is 0.255 e. The Kier molecular flexibility index (Phi) is 5.46. The summed E-state index contributed by atoms with van der Waals surface area (Å²) in [6.45, 7) is 5.21. The van der Waals surface area contributed by atoms with Crippen LogP contribution in [0, 0.1) is 0 Å². The van der Waals surface area contributed by atoms with E-state index in [1.165, 1.54) is 0 Å². The molecule has 1 amide bonds. The van der Waals surface area contributed by atoms with Gasteiger partial charge in [-0.15, -0.1) is 0 Å². The van der Waals surface area contributed by atoms with Gasteiger partial charge in [-0.05, 0) is 29.8 Å². The van der Waals surface area contributed by atoms with Crippen LogP contribution in [-0.4, -0.2) is 25.7 Å². The molecule has 6 heteroatoms. The first kappa shape index (κ1) is 17.2. The maximum Gasteiger partial charge on any atom is 0.255 e. The van der Waals surface area contributed by atoms with Crippen molar-refractivity contribution in [2.45, 2.75) is 6.54 Å². The lowest BCUT2D eigenvalue weighted by molar-refractivity contribution is 0.0947. The van der Waals surface area contributed by atoms with Crippen LogP contribution in [0.5, 0.6) is 17.2 Å². The van der Waals surface area contributed by atoms with Crippen molar-refractivity contribution >= 4 is 17.5 Å². The van der Waals surface area contributed by atoms with Crippen molar-refractivity contribution < 1.29 is 19.0 Å². The van der Waals surface area contributed by atoms with Crippen molar-refractivity contribution in [3.63, 3.8) is 0 Å². The second-order valence-corrected chi connectivity index (χ2v) is 5.79. The minimum Gasteiger partial charge on any atom is -0.489 e. The first-order valence-corrected chi connectivity index (χ1v) is 8.26. The van der Waals surface area contributed by atoms with Crippen molar-refractivity contribution in [3.8, 4) is 17.2 Å². The molecule has 0 aromatic heterocycles. The van der Waals surface area contributed by atoms with Crippen LogP contribution in [0.1, 0.15) is 15.9 Å². The molecule has 0 saturated heterocycles. The molecule has 0 spiro atoms. The van der Waals surface area contributed by atoms with Crippen LogP contribution in [0.4, 0.5) is 0 Å². The van der Waals surface area contributed by atoms with Crippen molar-refractivity contribution in [3.05, 3.63) is 65.2 Å². The SMILES string of the molecule is C=CCOc1ccccc1C(=O)NCc1cc(Cl)c2c(c1)OCCO2. The lowest BCUT2D eigenvalue weighted by atomic mass is 10.1. The zero-order valence-electron chi connectivity index (χ0n) is 13.6. The number of amides is 1. The largest absolute Gasteiger partial charge is 0.489 e. The van der Waals surface area contributed by atoms with E-state index < -0.39 is 0 Å². The Morgan fingerprint density at radius 3 is 2.92 bits per heavy atom. The highest BCUT2D eigenvalue weighted by Crippen LogP contribution is 2.38. The third kappa shape index (κ3) is 4.06. The lowest BCUT2D eigenvalue weighted by Gasteiger charge is -2.20. The molecule has 130 valence electrons. The minimum absolute atomic E-state index is 0.231. The Hall–Kier alpha value is -2.66. The molecule has 25 heavy (non-hydrogen) atoms. The van der Waals surface area contributed by atoms with Gasteiger partial charge in [-0.25, -0.2) is 0 Å². The maximum atomic E-state index is 12.5. The lowest BCUT2D eigenvalue weighted by Crippen LogP contribution is -2.24. The number of para-hydroxylation sites is 1. The van der Waals surface area contributed by atoms with Gasteiger partial charge < -0.3 is 19.5 Å². The Labute approximate surface area is 151 Å². The molecule has 0 saturated carbocycles. The van der Waals surface area contributed by atoms with E-state index in [9.17, 15) is 4.79 Å². The van der Waals surface area contributed by atoms with Gasteiger partial charge >= 0.3 is 0 Å². The standard InChI is InChI=1S/C19H18ClNO4/c1-2-7-23-16-6-4-3-5-14(16)19(22)21-12-13-10-15(20)18-17(11-13)24-8-9-25-18/h2-6,10-11H,1,7-9,12H2,(H,21,22). The number of carbonyl (C=O) groups is 1. The first-order valence-electron chi connectivity index (χ1n) is 7.88. The number of fused-ring (bicyclic) bond motifs is 1. The fourth-order valence-electron chi connectivity index (χ4n) is 2.47. The molecule has 1 N–H and O–H groups in total. The van der Waals surface area contributed by atoms with Crippen LogP contribution in [0.25, 0.3) is 0 Å². The molecule has 5 nitrogen and oxygen atoms in total. The Morgan fingerprint density at radius 1 is 1.28 bits per heavy atom. The topological polar surface area (TPSA) is 56.8 Å². The summed E-state index contributed by atoms with van der Waals surface area (Å²) < 4.78 is 16.6. The molecular weight excluding hydrogens is 342 g/mol. The van der Waals surface area contributed by atoms with Crippen LogP contribution in [0.15, 0.2) is 49.1 Å². The number of ether oxygens (including phenoxy) is 3. The summed E-state index contributed by atoms with van der Waals surface area (Å²) in [4.78, 5) is 12.5. The number of carbonyl (C=O) groups excluding carboxylic acids is 1. The van der Waals surface area contributed by atoms with E-state index >= 15 is 0 Å². The summed E-state index contributed by atoms with van der Waals surface area (Å²) in [5.74, 6) is 1.43. The number of halogens is 1. The second-order valence-electron chi connectivity index (χ2n) is 5.38. The van der Waals surface area contributed by atoms with E-state index in [-0.39, 0.29) is 5.91 Å². The summed E-state index contributed by atoms with van der Waals surface area (Å²) in [5.41, 5.74) is 1.29. The normalized spacial score (nSPS) is 12.4. The Balaban J connectivity index is 1.71. The number of hydrogen-bond donors (Lipinski definition) is 1. The van der Waals surface area contributed by atoms with Crippen LogP contribution < -0.4 is 19.5 Å². The average molecular weight is 360 g/mol. The molecule has 3 rings (SSSR count). The molecular formula is C19H18ClNO4. The fourth-order valence-corrected chi connectivity index (χ4v) is 2.76. The van der Waals surface area contributed by atoms with Gasteiger partial charge in [0.15, 0.2) is 11.5 Å². The molecule has 1 aliphatic heterocycles. The molecule has 2 aromatic rings. The van der Waals surface area contributed by atoms with Crippen molar-refractivity contribution in [2.24, 2.45) is 0 Å². The Morgan fingerprint density at radius 2 is 2.08 bits per heavy atom. The van der Waals surface area contributed by atoms with Gasteiger partial charge in [0.1, 0.15) is 25.6 Å². The molecule has 0 bridgehead atoms. The molecule has 0 radical (unpaired) electrons. The average Bonchev–Trinajstić information content (AvgIpc) is 2.65. The van der Waals surface area contributed by atoms with E-state index in [2.05, 4.69) is 11.9 Å². The monoisotopic (exact) mass is 359 g/mol. The molecule has 0 fully saturated rings. The van der Waals surface area contributed by atoms with E-state index in [1.54, 1.807) is 30.3 Å². The molecule has 0 atom stereocenters. The minimum atomic E-state index is -0.231. The van der Waals surface area contributed by atoms with Gasteiger partial charge in [0.25, 0.3) is 5.91 Å². The zero-order valence-corrected chi connectivity index (χ0v) is 14.3. The van der Waals surface area contributed by atoms with Crippen LogP contribution in [-0.2, 0) is 6.54 Å². The van der Waals surface area contributed by atoms with E-state index in [1.807, 2.05) is 12.1 Å². The van der Waals surface area contributed by atoms with Crippen molar-refractivity contribution in [1.82, 2.24) is 5.32 Å². The van der Waals surface area contributed by atoms with Crippen molar-refractivity contribution in [1.29, 1.82) is 0 Å². The number of benzene rings is 2. The van der Waals surface area contributed by atoms with E-state index in [0.29, 0.717) is 54.2 Å². The highest BCUT2D eigenvalue weighted by Gasteiger charge is 2.17. The molecule has 1 aliphatic rings. The van der Waals surface area contributed by atoms with Crippen molar-refractivity contribution in [2.75, 3.05) is 19.8 Å². The zero-order chi connectivity index (χ0) is 17.6. The predicted molar refractivity (Wildman–Crippen MR) is 95.7 cm³/mol. The number of hydrogen-bond acceptors (Lipinski definition) is 4.